The Labute approximate surface area is 114 Å². The van der Waals surface area contributed by atoms with Gasteiger partial charge in [0.2, 0.25) is 0 Å². The van der Waals surface area contributed by atoms with Gasteiger partial charge in [0.25, 0.3) is 0 Å². The van der Waals surface area contributed by atoms with Gasteiger partial charge in [-0.1, -0.05) is 12.1 Å². The number of hydrogen-bond donors (Lipinski definition) is 1. The minimum atomic E-state index is -0.763. The molecule has 1 aromatic rings. The van der Waals surface area contributed by atoms with Crippen molar-refractivity contribution in [3.8, 4) is 5.75 Å². The van der Waals surface area contributed by atoms with Gasteiger partial charge in [-0.15, -0.1) is 0 Å². The van der Waals surface area contributed by atoms with Crippen LogP contribution in [0.5, 0.6) is 5.75 Å². The Bertz CT molecular complexity index is 426. The number of aliphatic carboxylic acids is 1. The summed E-state index contributed by atoms with van der Waals surface area (Å²) in [5.74, 6) is 0.724. The van der Waals surface area contributed by atoms with Gasteiger partial charge in [-0.2, -0.15) is 0 Å². The molecule has 0 aliphatic heterocycles. The number of methoxy groups -OCH3 is 1. The number of rotatable bonds is 7. The first-order valence-corrected chi connectivity index (χ1v) is 6.69. The van der Waals surface area contributed by atoms with Gasteiger partial charge in [-0.25, -0.2) is 0 Å². The monoisotopic (exact) mass is 263 g/mol. The number of ether oxygens (including phenoxy) is 1. The molecular weight excluding hydrogens is 242 g/mol. The van der Waals surface area contributed by atoms with Crippen molar-refractivity contribution in [3.63, 3.8) is 0 Å². The third-order valence-electron chi connectivity index (χ3n) is 3.76. The first-order chi connectivity index (χ1) is 9.10. The fraction of sp³-hybridized carbons (Fsp3) is 0.533. The van der Waals surface area contributed by atoms with Gasteiger partial charge >= 0.3 is 5.97 Å². The quantitative estimate of drug-likeness (QED) is 0.820. The summed E-state index contributed by atoms with van der Waals surface area (Å²) in [5, 5.41) is 9.03. The van der Waals surface area contributed by atoms with E-state index in [4.69, 9.17) is 9.84 Å². The predicted molar refractivity (Wildman–Crippen MR) is 73.2 cm³/mol. The number of hydrogen-bond acceptors (Lipinski definition) is 3. The predicted octanol–water partition coefficient (Wildman–Crippen LogP) is 2.38. The van der Waals surface area contributed by atoms with Crippen LogP contribution in [0.1, 0.15) is 25.3 Å². The van der Waals surface area contributed by atoms with Crippen LogP contribution in [-0.4, -0.2) is 35.7 Å². The fourth-order valence-electron chi connectivity index (χ4n) is 2.36. The van der Waals surface area contributed by atoms with E-state index in [0.29, 0.717) is 18.5 Å². The highest BCUT2D eigenvalue weighted by Crippen LogP contribution is 2.35. The number of carbonyl (C=O) groups is 1. The molecule has 19 heavy (non-hydrogen) atoms. The molecule has 4 heteroatoms. The first-order valence-electron chi connectivity index (χ1n) is 6.69. The summed E-state index contributed by atoms with van der Waals surface area (Å²) in [7, 11) is 1.64. The molecule has 0 saturated heterocycles. The average Bonchev–Trinajstić information content (AvgIpc) is 3.22. The van der Waals surface area contributed by atoms with Crippen molar-refractivity contribution in [2.45, 2.75) is 32.4 Å². The SMILES string of the molecule is COc1ccc(CN(CC(=O)O)[C@H](C)C2CC2)cc1. The lowest BCUT2D eigenvalue weighted by Crippen LogP contribution is -2.38. The number of carboxylic acid groups (broad SMARTS) is 1. The molecule has 0 unspecified atom stereocenters. The van der Waals surface area contributed by atoms with E-state index < -0.39 is 5.97 Å². The summed E-state index contributed by atoms with van der Waals surface area (Å²) < 4.78 is 5.13. The highest BCUT2D eigenvalue weighted by Gasteiger charge is 2.32. The van der Waals surface area contributed by atoms with E-state index in [1.807, 2.05) is 29.2 Å². The Kier molecular flexibility index (Phi) is 4.43. The molecule has 2 rings (SSSR count). The lowest BCUT2D eigenvalue weighted by atomic mass is 10.1. The molecule has 1 aromatic carbocycles. The maximum atomic E-state index is 11.0. The second kappa shape index (κ2) is 6.06. The van der Waals surface area contributed by atoms with E-state index in [9.17, 15) is 4.79 Å². The summed E-state index contributed by atoms with van der Waals surface area (Å²) >= 11 is 0. The minimum Gasteiger partial charge on any atom is -0.497 e. The van der Waals surface area contributed by atoms with Gasteiger partial charge in [0.05, 0.1) is 13.7 Å². The molecule has 1 aliphatic carbocycles. The van der Waals surface area contributed by atoms with Gasteiger partial charge in [0.15, 0.2) is 0 Å². The summed E-state index contributed by atoms with van der Waals surface area (Å²) in [5.41, 5.74) is 1.12. The largest absolute Gasteiger partial charge is 0.497 e. The molecule has 0 bridgehead atoms. The van der Waals surface area contributed by atoms with Crippen molar-refractivity contribution in [2.24, 2.45) is 5.92 Å². The van der Waals surface area contributed by atoms with E-state index in [-0.39, 0.29) is 6.54 Å². The fourth-order valence-corrected chi connectivity index (χ4v) is 2.36. The van der Waals surface area contributed by atoms with E-state index in [1.54, 1.807) is 7.11 Å². The Balaban J connectivity index is 2.02. The average molecular weight is 263 g/mol. The second-order valence-corrected chi connectivity index (χ2v) is 5.22. The van der Waals surface area contributed by atoms with Gasteiger partial charge in [0, 0.05) is 12.6 Å². The van der Waals surface area contributed by atoms with Crippen LogP contribution in [0.2, 0.25) is 0 Å². The van der Waals surface area contributed by atoms with Crippen LogP contribution >= 0.6 is 0 Å². The van der Waals surface area contributed by atoms with Crippen LogP contribution < -0.4 is 4.74 Å². The molecule has 0 radical (unpaired) electrons. The number of benzene rings is 1. The van der Waals surface area contributed by atoms with Crippen LogP contribution in [0.3, 0.4) is 0 Å². The van der Waals surface area contributed by atoms with E-state index in [2.05, 4.69) is 6.92 Å². The molecule has 0 amide bonds. The molecule has 0 spiro atoms. The number of carboxylic acids is 1. The zero-order valence-electron chi connectivity index (χ0n) is 11.5. The van der Waals surface area contributed by atoms with E-state index in [0.717, 1.165) is 11.3 Å². The molecule has 1 aliphatic rings. The molecular formula is C15H21NO3. The molecule has 4 nitrogen and oxygen atoms in total. The molecule has 0 heterocycles. The highest BCUT2D eigenvalue weighted by molar-refractivity contribution is 5.69. The summed E-state index contributed by atoms with van der Waals surface area (Å²) in [6, 6.07) is 8.14. The molecule has 1 saturated carbocycles. The smallest absolute Gasteiger partial charge is 0.317 e. The van der Waals surface area contributed by atoms with E-state index in [1.165, 1.54) is 12.8 Å². The van der Waals surface area contributed by atoms with Crippen LogP contribution in [0.25, 0.3) is 0 Å². The Morgan fingerprint density at radius 3 is 2.53 bits per heavy atom. The van der Waals surface area contributed by atoms with Crippen LogP contribution in [0.4, 0.5) is 0 Å². The van der Waals surface area contributed by atoms with Gasteiger partial charge in [0.1, 0.15) is 5.75 Å². The Morgan fingerprint density at radius 1 is 1.42 bits per heavy atom. The molecule has 1 atom stereocenters. The molecule has 1 N–H and O–H groups in total. The van der Waals surface area contributed by atoms with Crippen molar-refractivity contribution in [1.82, 2.24) is 4.90 Å². The highest BCUT2D eigenvalue weighted by atomic mass is 16.5. The standard InChI is InChI=1S/C15H21NO3/c1-11(13-5-6-13)16(10-15(17)18)9-12-3-7-14(19-2)8-4-12/h3-4,7-8,11,13H,5-6,9-10H2,1-2H3,(H,17,18)/t11-/m1/s1. The zero-order valence-corrected chi connectivity index (χ0v) is 11.5. The third-order valence-corrected chi connectivity index (χ3v) is 3.76. The van der Waals surface area contributed by atoms with Crippen LogP contribution in [-0.2, 0) is 11.3 Å². The Morgan fingerprint density at radius 2 is 2.05 bits per heavy atom. The van der Waals surface area contributed by atoms with Crippen molar-refractivity contribution >= 4 is 5.97 Å². The maximum absolute atomic E-state index is 11.0. The molecule has 1 fully saturated rings. The minimum absolute atomic E-state index is 0.101. The first kappa shape index (κ1) is 13.9. The summed E-state index contributed by atoms with van der Waals surface area (Å²) in [6.07, 6.45) is 2.44. The van der Waals surface area contributed by atoms with Crippen molar-refractivity contribution in [2.75, 3.05) is 13.7 Å². The van der Waals surface area contributed by atoms with Crippen molar-refractivity contribution in [3.05, 3.63) is 29.8 Å². The normalized spacial score (nSPS) is 16.4. The summed E-state index contributed by atoms with van der Waals surface area (Å²) in [6.45, 7) is 2.90. The Hall–Kier alpha value is -1.55. The third kappa shape index (κ3) is 3.96. The van der Waals surface area contributed by atoms with E-state index >= 15 is 0 Å². The molecule has 104 valence electrons. The lowest BCUT2D eigenvalue weighted by Gasteiger charge is -2.27. The summed E-state index contributed by atoms with van der Waals surface area (Å²) in [4.78, 5) is 13.0. The maximum Gasteiger partial charge on any atom is 0.317 e. The van der Waals surface area contributed by atoms with Gasteiger partial charge in [-0.3, -0.25) is 9.69 Å². The topological polar surface area (TPSA) is 49.8 Å². The van der Waals surface area contributed by atoms with Crippen molar-refractivity contribution < 1.29 is 14.6 Å². The van der Waals surface area contributed by atoms with Crippen LogP contribution in [0, 0.1) is 5.92 Å². The lowest BCUT2D eigenvalue weighted by molar-refractivity contribution is -0.139. The molecule has 0 aromatic heterocycles. The van der Waals surface area contributed by atoms with Gasteiger partial charge in [-0.05, 0) is 43.4 Å². The second-order valence-electron chi connectivity index (χ2n) is 5.22. The zero-order chi connectivity index (χ0) is 13.8. The number of nitrogens with zero attached hydrogens (tertiary/aromatic N) is 1. The van der Waals surface area contributed by atoms with Gasteiger partial charge < -0.3 is 9.84 Å². The van der Waals surface area contributed by atoms with Crippen LogP contribution in [0.15, 0.2) is 24.3 Å². The van der Waals surface area contributed by atoms with Crippen molar-refractivity contribution in [1.29, 1.82) is 0 Å².